The number of nitrogens with one attached hydrogen (secondary N) is 1. The maximum absolute atomic E-state index is 6.11. The van der Waals surface area contributed by atoms with Gasteiger partial charge in [0.1, 0.15) is 0 Å². The summed E-state index contributed by atoms with van der Waals surface area (Å²) < 4.78 is 5.25. The number of hydrogen-bond donors (Lipinski definition) is 1. The second-order valence-corrected chi connectivity index (χ2v) is 5.97. The number of aromatic nitrogens is 2. The highest BCUT2D eigenvalue weighted by Crippen LogP contribution is 2.25. The van der Waals surface area contributed by atoms with Crippen molar-refractivity contribution in [3.05, 3.63) is 35.2 Å². The summed E-state index contributed by atoms with van der Waals surface area (Å²) in [6.45, 7) is 2.25. The predicted molar refractivity (Wildman–Crippen MR) is 77.3 cm³/mol. The molecule has 4 nitrogen and oxygen atoms in total. The molecule has 0 bridgehead atoms. The number of hydrogen-bond acceptors (Lipinski definition) is 5. The molecule has 1 fully saturated rings. The Kier molecular flexibility index (Phi) is 4.06. The maximum Gasteiger partial charge on any atom is 0.236 e. The van der Waals surface area contributed by atoms with Crippen LogP contribution in [0.1, 0.15) is 5.89 Å². The molecule has 2 heterocycles. The van der Waals surface area contributed by atoms with Crippen molar-refractivity contribution in [2.75, 3.05) is 18.8 Å². The van der Waals surface area contributed by atoms with Crippen molar-refractivity contribution in [1.82, 2.24) is 15.5 Å². The maximum atomic E-state index is 6.11. The van der Waals surface area contributed by atoms with Gasteiger partial charge in [0.05, 0.1) is 10.8 Å². The fourth-order valence-electron chi connectivity index (χ4n) is 1.84. The summed E-state index contributed by atoms with van der Waals surface area (Å²) in [7, 11) is 0. The molecule has 1 saturated heterocycles. The van der Waals surface area contributed by atoms with Crippen LogP contribution in [0.2, 0.25) is 5.02 Å². The third-order valence-corrected chi connectivity index (χ3v) is 4.52. The summed E-state index contributed by atoms with van der Waals surface area (Å²) in [5.41, 5.74) is 0.812. The van der Waals surface area contributed by atoms with Crippen molar-refractivity contribution >= 4 is 23.4 Å². The summed E-state index contributed by atoms with van der Waals surface area (Å²) in [5.74, 6) is 3.90. The number of benzene rings is 1. The molecule has 0 spiro atoms. The molecule has 1 aliphatic rings. The lowest BCUT2D eigenvalue weighted by molar-refractivity contribution is 0.382. The summed E-state index contributed by atoms with van der Waals surface area (Å²) in [6, 6.07) is 7.51. The van der Waals surface area contributed by atoms with Gasteiger partial charge in [-0.3, -0.25) is 0 Å². The van der Waals surface area contributed by atoms with Gasteiger partial charge >= 0.3 is 0 Å². The summed E-state index contributed by atoms with van der Waals surface area (Å²) in [6.07, 6.45) is 0. The molecule has 1 aliphatic heterocycles. The van der Waals surface area contributed by atoms with Crippen LogP contribution >= 0.6 is 23.4 Å². The Labute approximate surface area is 120 Å². The summed E-state index contributed by atoms with van der Waals surface area (Å²) in [5, 5.41) is 7.89. The molecule has 1 N–H and O–H groups in total. The molecule has 6 heteroatoms. The summed E-state index contributed by atoms with van der Waals surface area (Å²) >= 11 is 7.94. The Morgan fingerprint density at radius 3 is 2.95 bits per heavy atom. The van der Waals surface area contributed by atoms with Crippen molar-refractivity contribution in [2.24, 2.45) is 5.92 Å². The minimum Gasteiger partial charge on any atom is -0.338 e. The Hall–Kier alpha value is -1.04. The zero-order valence-electron chi connectivity index (χ0n) is 10.3. The Morgan fingerprint density at radius 1 is 1.37 bits per heavy atom. The van der Waals surface area contributed by atoms with E-state index in [0.29, 0.717) is 16.7 Å². The van der Waals surface area contributed by atoms with E-state index in [-0.39, 0.29) is 0 Å². The Bertz CT molecular complexity index is 556. The smallest absolute Gasteiger partial charge is 0.236 e. The monoisotopic (exact) mass is 295 g/mol. The van der Waals surface area contributed by atoms with Gasteiger partial charge in [-0.25, -0.2) is 0 Å². The van der Waals surface area contributed by atoms with Crippen LogP contribution in [0.3, 0.4) is 0 Å². The van der Waals surface area contributed by atoms with E-state index in [2.05, 4.69) is 15.5 Å². The van der Waals surface area contributed by atoms with E-state index in [9.17, 15) is 0 Å². The van der Waals surface area contributed by atoms with Crippen molar-refractivity contribution in [3.63, 3.8) is 0 Å². The number of thioether (sulfide) groups is 1. The molecule has 0 amide bonds. The minimum absolute atomic E-state index is 0.562. The highest BCUT2D eigenvalue weighted by molar-refractivity contribution is 7.98. The predicted octanol–water partition coefficient (Wildman–Crippen LogP) is 2.84. The fourth-order valence-corrected chi connectivity index (χ4v) is 3.04. The number of nitrogens with zero attached hydrogens (tertiary/aromatic N) is 2. The Balaban J connectivity index is 1.61. The standard InChI is InChI=1S/C13H14ClN3OS/c14-11-4-2-1-3-10(11)13-16-12(18-17-13)8-19-7-9-5-15-6-9/h1-4,9,15H,5-8H2. The first-order valence-electron chi connectivity index (χ1n) is 6.19. The van der Waals surface area contributed by atoms with Crippen molar-refractivity contribution in [2.45, 2.75) is 5.75 Å². The largest absolute Gasteiger partial charge is 0.338 e. The molecule has 2 aromatic rings. The zero-order chi connectivity index (χ0) is 13.1. The zero-order valence-corrected chi connectivity index (χ0v) is 11.9. The van der Waals surface area contributed by atoms with Crippen LogP contribution in [0, 0.1) is 5.92 Å². The molecule has 0 saturated carbocycles. The third-order valence-electron chi connectivity index (χ3n) is 3.03. The van der Waals surface area contributed by atoms with Gasteiger partial charge in [0.25, 0.3) is 0 Å². The van der Waals surface area contributed by atoms with Gasteiger partial charge in [0.2, 0.25) is 11.7 Å². The van der Waals surface area contributed by atoms with Crippen molar-refractivity contribution in [1.29, 1.82) is 0 Å². The van der Waals surface area contributed by atoms with E-state index in [4.69, 9.17) is 16.1 Å². The number of rotatable bonds is 5. The van der Waals surface area contributed by atoms with Gasteiger partial charge in [0.15, 0.2) is 0 Å². The fraction of sp³-hybridized carbons (Fsp3) is 0.385. The van der Waals surface area contributed by atoms with E-state index in [1.165, 1.54) is 0 Å². The van der Waals surface area contributed by atoms with E-state index in [1.807, 2.05) is 36.0 Å². The van der Waals surface area contributed by atoms with Gasteiger partial charge in [-0.2, -0.15) is 16.7 Å². The van der Waals surface area contributed by atoms with Crippen molar-refractivity contribution in [3.8, 4) is 11.4 Å². The van der Waals surface area contributed by atoms with Gasteiger partial charge in [-0.15, -0.1) is 0 Å². The van der Waals surface area contributed by atoms with Gasteiger partial charge in [-0.1, -0.05) is 28.9 Å². The first-order valence-corrected chi connectivity index (χ1v) is 7.72. The third kappa shape index (κ3) is 3.11. The van der Waals surface area contributed by atoms with Gasteiger partial charge in [-0.05, 0) is 36.9 Å². The normalized spacial score (nSPS) is 15.4. The molecule has 3 rings (SSSR count). The van der Waals surface area contributed by atoms with Crippen LogP contribution in [0.5, 0.6) is 0 Å². The van der Waals surface area contributed by atoms with Crippen LogP contribution in [-0.4, -0.2) is 29.0 Å². The lowest BCUT2D eigenvalue weighted by Crippen LogP contribution is -2.43. The average Bonchev–Trinajstić information content (AvgIpc) is 2.81. The van der Waals surface area contributed by atoms with E-state index in [0.717, 1.165) is 36.1 Å². The van der Waals surface area contributed by atoms with Crippen LogP contribution in [-0.2, 0) is 5.75 Å². The van der Waals surface area contributed by atoms with Crippen LogP contribution in [0.15, 0.2) is 28.8 Å². The number of halogens is 1. The van der Waals surface area contributed by atoms with Crippen LogP contribution < -0.4 is 5.32 Å². The molecule has 1 aromatic heterocycles. The highest BCUT2D eigenvalue weighted by atomic mass is 35.5. The topological polar surface area (TPSA) is 51.0 Å². The lowest BCUT2D eigenvalue weighted by atomic mass is 10.1. The minimum atomic E-state index is 0.562. The molecular weight excluding hydrogens is 282 g/mol. The molecule has 0 unspecified atom stereocenters. The first-order chi connectivity index (χ1) is 9.33. The van der Waals surface area contributed by atoms with Crippen LogP contribution in [0.4, 0.5) is 0 Å². The SMILES string of the molecule is Clc1ccccc1-c1noc(CSCC2CNC2)n1. The molecule has 0 radical (unpaired) electrons. The lowest BCUT2D eigenvalue weighted by Gasteiger charge is -2.26. The van der Waals surface area contributed by atoms with Crippen LogP contribution in [0.25, 0.3) is 11.4 Å². The van der Waals surface area contributed by atoms with E-state index >= 15 is 0 Å². The second-order valence-electron chi connectivity index (χ2n) is 4.53. The summed E-state index contributed by atoms with van der Waals surface area (Å²) in [4.78, 5) is 4.38. The molecule has 1 aromatic carbocycles. The van der Waals surface area contributed by atoms with E-state index in [1.54, 1.807) is 0 Å². The molecular formula is C13H14ClN3OS. The average molecular weight is 296 g/mol. The van der Waals surface area contributed by atoms with Gasteiger partial charge < -0.3 is 9.84 Å². The highest BCUT2D eigenvalue weighted by Gasteiger charge is 2.17. The second kappa shape index (κ2) is 5.94. The van der Waals surface area contributed by atoms with E-state index < -0.39 is 0 Å². The molecule has 100 valence electrons. The van der Waals surface area contributed by atoms with Crippen molar-refractivity contribution < 1.29 is 4.52 Å². The molecule has 19 heavy (non-hydrogen) atoms. The Morgan fingerprint density at radius 2 is 2.21 bits per heavy atom. The molecule has 0 atom stereocenters. The van der Waals surface area contributed by atoms with Gasteiger partial charge in [0, 0.05) is 5.56 Å². The first kappa shape index (κ1) is 13.0. The molecule has 0 aliphatic carbocycles. The quantitative estimate of drug-likeness (QED) is 0.919.